The minimum absolute atomic E-state index is 0.546. The Kier molecular flexibility index (Phi) is 4.36. The molecule has 0 amide bonds. The van der Waals surface area contributed by atoms with Crippen molar-refractivity contribution in [1.29, 1.82) is 0 Å². The van der Waals surface area contributed by atoms with E-state index in [1.54, 1.807) is 0 Å². The van der Waals surface area contributed by atoms with E-state index in [2.05, 4.69) is 20.2 Å². The van der Waals surface area contributed by atoms with Crippen molar-refractivity contribution in [1.82, 2.24) is 15.3 Å². The van der Waals surface area contributed by atoms with Crippen molar-refractivity contribution in [3.8, 4) is 5.88 Å². The lowest BCUT2D eigenvalue weighted by Gasteiger charge is -2.33. The van der Waals surface area contributed by atoms with Gasteiger partial charge in [0.1, 0.15) is 11.6 Å². The molecule has 0 saturated carbocycles. The molecule has 0 bridgehead atoms. The van der Waals surface area contributed by atoms with Gasteiger partial charge in [0.15, 0.2) is 0 Å². The zero-order valence-electron chi connectivity index (χ0n) is 11.4. The molecule has 5 nitrogen and oxygen atoms in total. The molecule has 1 aliphatic rings. The molecule has 0 radical (unpaired) electrons. The summed E-state index contributed by atoms with van der Waals surface area (Å²) in [5.41, 5.74) is 0. The SMILES string of the molecule is CCOc1cc(N2CCCC(NC)C2)nc(C)n1. The number of ether oxygens (including phenoxy) is 1. The molecule has 1 N–H and O–H groups in total. The van der Waals surface area contributed by atoms with E-state index < -0.39 is 0 Å². The third-order valence-corrected chi connectivity index (χ3v) is 3.25. The summed E-state index contributed by atoms with van der Waals surface area (Å²) in [7, 11) is 2.02. The predicted octanol–water partition coefficient (Wildman–Crippen LogP) is 1.37. The van der Waals surface area contributed by atoms with Gasteiger partial charge < -0.3 is 15.0 Å². The van der Waals surface area contributed by atoms with E-state index in [1.165, 1.54) is 12.8 Å². The Hall–Kier alpha value is -1.36. The van der Waals surface area contributed by atoms with Crippen LogP contribution in [-0.4, -0.2) is 42.8 Å². The summed E-state index contributed by atoms with van der Waals surface area (Å²) in [4.78, 5) is 11.1. The van der Waals surface area contributed by atoms with Gasteiger partial charge in [-0.25, -0.2) is 4.98 Å². The monoisotopic (exact) mass is 250 g/mol. The summed E-state index contributed by atoms with van der Waals surface area (Å²) < 4.78 is 5.48. The molecule has 1 aliphatic heterocycles. The lowest BCUT2D eigenvalue weighted by Crippen LogP contribution is -2.44. The Morgan fingerprint density at radius 1 is 1.50 bits per heavy atom. The van der Waals surface area contributed by atoms with Gasteiger partial charge in [-0.15, -0.1) is 0 Å². The van der Waals surface area contributed by atoms with Gasteiger partial charge in [0.05, 0.1) is 6.61 Å². The lowest BCUT2D eigenvalue weighted by atomic mass is 10.1. The molecule has 1 atom stereocenters. The zero-order chi connectivity index (χ0) is 13.0. The number of hydrogen-bond donors (Lipinski definition) is 1. The van der Waals surface area contributed by atoms with Crippen molar-refractivity contribution in [2.75, 3.05) is 31.6 Å². The summed E-state index contributed by atoms with van der Waals surface area (Å²) in [5, 5.41) is 3.34. The van der Waals surface area contributed by atoms with Crippen LogP contribution in [0.3, 0.4) is 0 Å². The first kappa shape index (κ1) is 13.1. The summed E-state index contributed by atoms with van der Waals surface area (Å²) in [6.07, 6.45) is 2.42. The molecular weight excluding hydrogens is 228 g/mol. The normalized spacial score (nSPS) is 19.9. The van der Waals surface area contributed by atoms with Gasteiger partial charge in [0.25, 0.3) is 0 Å². The standard InChI is InChI=1S/C13H22N4O/c1-4-18-13-8-12(15-10(2)16-13)17-7-5-6-11(9-17)14-3/h8,11,14H,4-7,9H2,1-3H3. The summed E-state index contributed by atoms with van der Waals surface area (Å²) in [6, 6.07) is 2.48. The van der Waals surface area contributed by atoms with Crippen LogP contribution in [0.15, 0.2) is 6.07 Å². The van der Waals surface area contributed by atoms with Crippen LogP contribution in [0, 0.1) is 6.92 Å². The van der Waals surface area contributed by atoms with Crippen LogP contribution in [0.25, 0.3) is 0 Å². The molecule has 5 heteroatoms. The third kappa shape index (κ3) is 3.10. The van der Waals surface area contributed by atoms with Crippen molar-refractivity contribution < 1.29 is 4.74 Å². The fraction of sp³-hybridized carbons (Fsp3) is 0.692. The van der Waals surface area contributed by atoms with Gasteiger partial charge in [-0.2, -0.15) is 4.98 Å². The third-order valence-electron chi connectivity index (χ3n) is 3.25. The molecule has 100 valence electrons. The topological polar surface area (TPSA) is 50.3 Å². The Morgan fingerprint density at radius 2 is 2.33 bits per heavy atom. The van der Waals surface area contributed by atoms with Gasteiger partial charge in [-0.05, 0) is 33.7 Å². The van der Waals surface area contributed by atoms with Crippen LogP contribution in [0.4, 0.5) is 5.82 Å². The van der Waals surface area contributed by atoms with Crippen molar-refractivity contribution >= 4 is 5.82 Å². The van der Waals surface area contributed by atoms with Crippen LogP contribution >= 0.6 is 0 Å². The first-order valence-corrected chi connectivity index (χ1v) is 6.63. The van der Waals surface area contributed by atoms with E-state index in [1.807, 2.05) is 27.0 Å². The average molecular weight is 250 g/mol. The number of hydrogen-bond acceptors (Lipinski definition) is 5. The Morgan fingerprint density at radius 3 is 3.06 bits per heavy atom. The first-order valence-electron chi connectivity index (χ1n) is 6.63. The molecule has 1 aromatic rings. The number of nitrogens with zero attached hydrogens (tertiary/aromatic N) is 3. The molecule has 18 heavy (non-hydrogen) atoms. The highest BCUT2D eigenvalue weighted by Gasteiger charge is 2.20. The van der Waals surface area contributed by atoms with E-state index >= 15 is 0 Å². The minimum Gasteiger partial charge on any atom is -0.478 e. The number of nitrogens with one attached hydrogen (secondary N) is 1. The maximum atomic E-state index is 5.48. The molecule has 1 saturated heterocycles. The highest BCUT2D eigenvalue weighted by atomic mass is 16.5. The van der Waals surface area contributed by atoms with E-state index in [-0.39, 0.29) is 0 Å². The molecule has 1 unspecified atom stereocenters. The second kappa shape index (κ2) is 6.00. The predicted molar refractivity (Wildman–Crippen MR) is 72.2 cm³/mol. The summed E-state index contributed by atoms with van der Waals surface area (Å²) in [5.74, 6) is 2.42. The number of piperidine rings is 1. The summed E-state index contributed by atoms with van der Waals surface area (Å²) in [6.45, 7) is 6.56. The van der Waals surface area contributed by atoms with Crippen LogP contribution in [0.5, 0.6) is 5.88 Å². The number of rotatable bonds is 4. The second-order valence-corrected chi connectivity index (χ2v) is 4.62. The minimum atomic E-state index is 0.546. The molecule has 1 aromatic heterocycles. The van der Waals surface area contributed by atoms with Gasteiger partial charge in [-0.3, -0.25) is 0 Å². The molecule has 1 fully saturated rings. The number of likely N-dealkylation sites (N-methyl/N-ethyl adjacent to an activating group) is 1. The maximum absolute atomic E-state index is 5.48. The fourth-order valence-electron chi connectivity index (χ4n) is 2.33. The summed E-state index contributed by atoms with van der Waals surface area (Å²) >= 11 is 0. The van der Waals surface area contributed by atoms with Crippen molar-refractivity contribution in [2.45, 2.75) is 32.7 Å². The molecule has 0 spiro atoms. The quantitative estimate of drug-likeness (QED) is 0.874. The van der Waals surface area contributed by atoms with Crippen molar-refractivity contribution in [3.63, 3.8) is 0 Å². The fourth-order valence-corrected chi connectivity index (χ4v) is 2.33. The number of anilines is 1. The highest BCUT2D eigenvalue weighted by Crippen LogP contribution is 2.21. The van der Waals surface area contributed by atoms with Crippen LogP contribution in [-0.2, 0) is 0 Å². The smallest absolute Gasteiger partial charge is 0.218 e. The van der Waals surface area contributed by atoms with Gasteiger partial charge >= 0.3 is 0 Å². The van der Waals surface area contributed by atoms with Crippen LogP contribution in [0.1, 0.15) is 25.6 Å². The first-order chi connectivity index (χ1) is 8.72. The Bertz CT molecular complexity index is 397. The second-order valence-electron chi connectivity index (χ2n) is 4.62. The van der Waals surface area contributed by atoms with Crippen LogP contribution < -0.4 is 15.0 Å². The molecule has 2 rings (SSSR count). The molecule has 0 aromatic carbocycles. The van der Waals surface area contributed by atoms with Gasteiger partial charge in [0, 0.05) is 25.2 Å². The van der Waals surface area contributed by atoms with Crippen LogP contribution in [0.2, 0.25) is 0 Å². The van der Waals surface area contributed by atoms with E-state index in [0.29, 0.717) is 18.5 Å². The van der Waals surface area contributed by atoms with E-state index in [9.17, 15) is 0 Å². The van der Waals surface area contributed by atoms with Crippen molar-refractivity contribution in [2.24, 2.45) is 0 Å². The molecule has 2 heterocycles. The molecular formula is C13H22N4O. The Labute approximate surface area is 109 Å². The zero-order valence-corrected chi connectivity index (χ0v) is 11.4. The lowest BCUT2D eigenvalue weighted by molar-refractivity contribution is 0.325. The van der Waals surface area contributed by atoms with E-state index in [4.69, 9.17) is 4.74 Å². The van der Waals surface area contributed by atoms with Crippen molar-refractivity contribution in [3.05, 3.63) is 11.9 Å². The molecule has 0 aliphatic carbocycles. The van der Waals surface area contributed by atoms with E-state index in [0.717, 1.165) is 24.7 Å². The number of aromatic nitrogens is 2. The highest BCUT2D eigenvalue weighted by molar-refractivity contribution is 5.42. The largest absolute Gasteiger partial charge is 0.478 e. The Balaban J connectivity index is 2.16. The van der Waals surface area contributed by atoms with Gasteiger partial charge in [0.2, 0.25) is 5.88 Å². The van der Waals surface area contributed by atoms with Gasteiger partial charge in [-0.1, -0.05) is 0 Å². The number of aryl methyl sites for hydroxylation is 1. The average Bonchev–Trinajstić information content (AvgIpc) is 2.38. The maximum Gasteiger partial charge on any atom is 0.218 e.